The van der Waals surface area contributed by atoms with E-state index in [1.165, 1.54) is 6.20 Å². The van der Waals surface area contributed by atoms with Crippen LogP contribution >= 0.6 is 0 Å². The van der Waals surface area contributed by atoms with Gasteiger partial charge in [0, 0.05) is 12.3 Å². The predicted octanol–water partition coefficient (Wildman–Crippen LogP) is 2.83. The number of halogens is 1. The lowest BCUT2D eigenvalue weighted by molar-refractivity contribution is 0.629. The van der Waals surface area contributed by atoms with Crippen molar-refractivity contribution in [3.63, 3.8) is 0 Å². The summed E-state index contributed by atoms with van der Waals surface area (Å²) in [6.07, 6.45) is 2.91. The van der Waals surface area contributed by atoms with Gasteiger partial charge in [-0.1, -0.05) is 12.6 Å². The maximum absolute atomic E-state index is 13.5. The molecule has 0 aliphatic heterocycles. The van der Waals surface area contributed by atoms with Crippen LogP contribution in [0.1, 0.15) is 0 Å². The molecule has 4 heteroatoms. The maximum Gasteiger partial charge on any atom is 0.272 e. The minimum absolute atomic E-state index is 0.0483. The van der Waals surface area contributed by atoms with E-state index in [1.54, 1.807) is 24.4 Å². The molecule has 0 aliphatic rings. The van der Waals surface area contributed by atoms with Crippen molar-refractivity contribution in [3.05, 3.63) is 53.9 Å². The first kappa shape index (κ1) is 9.28. The van der Waals surface area contributed by atoms with E-state index < -0.39 is 5.82 Å². The van der Waals surface area contributed by atoms with Crippen LogP contribution in [0.25, 0.3) is 16.1 Å². The van der Waals surface area contributed by atoms with E-state index in [1.807, 2.05) is 0 Å². The zero-order chi connectivity index (χ0) is 10.7. The molecule has 72 valence electrons. The number of aromatic nitrogens is 2. The molecule has 15 heavy (non-hydrogen) atoms. The Morgan fingerprint density at radius 2 is 2.13 bits per heavy atom. The molecule has 0 atom stereocenters. The van der Waals surface area contributed by atoms with E-state index in [-0.39, 0.29) is 5.82 Å². The van der Waals surface area contributed by atoms with Gasteiger partial charge >= 0.3 is 0 Å². The fourth-order valence-electron chi connectivity index (χ4n) is 1.19. The number of rotatable bonds is 1. The van der Waals surface area contributed by atoms with Gasteiger partial charge in [-0.3, -0.25) is 4.98 Å². The van der Waals surface area contributed by atoms with Crippen LogP contribution in [0, 0.1) is 12.4 Å². The molecular formula is C11H6FN3. The first-order valence-corrected chi connectivity index (χ1v) is 4.25. The summed E-state index contributed by atoms with van der Waals surface area (Å²) >= 11 is 0. The van der Waals surface area contributed by atoms with Crippen molar-refractivity contribution < 1.29 is 4.39 Å². The maximum atomic E-state index is 13.5. The van der Waals surface area contributed by atoms with Crippen LogP contribution in [0.3, 0.4) is 0 Å². The lowest BCUT2D eigenvalue weighted by Gasteiger charge is -1.99. The highest BCUT2D eigenvalue weighted by molar-refractivity contribution is 5.60. The molecule has 0 aromatic carbocycles. The lowest BCUT2D eigenvalue weighted by atomic mass is 10.2. The number of hydrogen-bond acceptors (Lipinski definition) is 2. The van der Waals surface area contributed by atoms with Gasteiger partial charge in [0.15, 0.2) is 0 Å². The van der Waals surface area contributed by atoms with E-state index in [9.17, 15) is 4.39 Å². The monoisotopic (exact) mass is 199 g/mol. The summed E-state index contributed by atoms with van der Waals surface area (Å²) in [5, 5.41) is 0. The highest BCUT2D eigenvalue weighted by Crippen LogP contribution is 2.22. The van der Waals surface area contributed by atoms with Gasteiger partial charge in [-0.15, -0.1) is 4.98 Å². The Morgan fingerprint density at radius 3 is 2.73 bits per heavy atom. The van der Waals surface area contributed by atoms with Crippen LogP contribution in [0.5, 0.6) is 0 Å². The van der Waals surface area contributed by atoms with Gasteiger partial charge < -0.3 is 4.85 Å². The van der Waals surface area contributed by atoms with Crippen molar-refractivity contribution in [3.8, 4) is 11.3 Å². The summed E-state index contributed by atoms with van der Waals surface area (Å²) in [6, 6.07) is 6.32. The van der Waals surface area contributed by atoms with Gasteiger partial charge in [0.25, 0.3) is 5.82 Å². The van der Waals surface area contributed by atoms with Crippen LogP contribution in [-0.2, 0) is 0 Å². The number of nitrogens with zero attached hydrogens (tertiary/aromatic N) is 3. The Hall–Kier alpha value is -2.28. The highest BCUT2D eigenvalue weighted by atomic mass is 19.1. The molecular weight excluding hydrogens is 193 g/mol. The van der Waals surface area contributed by atoms with Crippen molar-refractivity contribution >= 4 is 5.82 Å². The molecule has 2 aromatic rings. The topological polar surface area (TPSA) is 30.1 Å². The van der Waals surface area contributed by atoms with Crippen LogP contribution in [0.2, 0.25) is 0 Å². The Labute approximate surface area is 86.1 Å². The first-order valence-electron chi connectivity index (χ1n) is 4.25. The Morgan fingerprint density at radius 1 is 1.27 bits per heavy atom. The van der Waals surface area contributed by atoms with Crippen molar-refractivity contribution in [2.75, 3.05) is 0 Å². The third kappa shape index (κ3) is 1.81. The summed E-state index contributed by atoms with van der Waals surface area (Å²) in [6.45, 7) is 6.70. The molecule has 0 aliphatic carbocycles. The third-order valence-electron chi connectivity index (χ3n) is 1.89. The quantitative estimate of drug-likeness (QED) is 0.661. The predicted molar refractivity (Wildman–Crippen MR) is 53.7 cm³/mol. The molecule has 0 saturated carbocycles. The Bertz CT molecular complexity index is 517. The second-order valence-corrected chi connectivity index (χ2v) is 2.85. The Balaban J connectivity index is 2.52. The largest absolute Gasteiger partial charge is 0.361 e. The molecule has 2 aromatic heterocycles. The molecule has 0 bridgehead atoms. The third-order valence-corrected chi connectivity index (χ3v) is 1.89. The van der Waals surface area contributed by atoms with E-state index in [2.05, 4.69) is 14.8 Å². The highest BCUT2D eigenvalue weighted by Gasteiger charge is 2.08. The molecule has 2 heterocycles. The van der Waals surface area contributed by atoms with E-state index >= 15 is 0 Å². The summed E-state index contributed by atoms with van der Waals surface area (Å²) in [7, 11) is 0. The van der Waals surface area contributed by atoms with E-state index in [0.29, 0.717) is 11.3 Å². The van der Waals surface area contributed by atoms with Crippen LogP contribution in [0.15, 0.2) is 36.7 Å². The molecule has 0 N–H and O–H groups in total. The van der Waals surface area contributed by atoms with E-state index in [0.717, 1.165) is 6.07 Å². The second kappa shape index (κ2) is 3.84. The molecule has 0 saturated heterocycles. The first-order chi connectivity index (χ1) is 7.31. The average Bonchev–Trinajstić information content (AvgIpc) is 2.30. The number of hydrogen-bond donors (Lipinski definition) is 0. The van der Waals surface area contributed by atoms with Gasteiger partial charge in [0.2, 0.25) is 0 Å². The van der Waals surface area contributed by atoms with Crippen LogP contribution < -0.4 is 0 Å². The average molecular weight is 199 g/mol. The fraction of sp³-hybridized carbons (Fsp3) is 0. The van der Waals surface area contributed by atoms with Gasteiger partial charge in [-0.2, -0.15) is 0 Å². The van der Waals surface area contributed by atoms with Crippen molar-refractivity contribution in [1.29, 1.82) is 0 Å². The summed E-state index contributed by atoms with van der Waals surface area (Å²) in [5.74, 6) is -0.429. The van der Waals surface area contributed by atoms with Gasteiger partial charge in [0.05, 0.1) is 11.3 Å². The zero-order valence-electron chi connectivity index (χ0n) is 7.68. The Kier molecular flexibility index (Phi) is 2.38. The van der Waals surface area contributed by atoms with Crippen LogP contribution in [0.4, 0.5) is 10.2 Å². The summed E-state index contributed by atoms with van der Waals surface area (Å²) < 4.78 is 13.5. The minimum Gasteiger partial charge on any atom is -0.361 e. The fourth-order valence-corrected chi connectivity index (χ4v) is 1.19. The van der Waals surface area contributed by atoms with Gasteiger partial charge in [0.1, 0.15) is 12.0 Å². The SMILES string of the molecule is [C-]#[N+]c1cc(F)c(-c2ccccn2)cn1. The summed E-state index contributed by atoms with van der Waals surface area (Å²) in [5.41, 5.74) is 0.821. The lowest BCUT2D eigenvalue weighted by Crippen LogP contribution is -1.88. The smallest absolute Gasteiger partial charge is 0.272 e. The van der Waals surface area contributed by atoms with Crippen LogP contribution in [-0.4, -0.2) is 9.97 Å². The molecule has 2 rings (SSSR count). The van der Waals surface area contributed by atoms with Crippen molar-refractivity contribution in [2.45, 2.75) is 0 Å². The van der Waals surface area contributed by atoms with Gasteiger partial charge in [-0.25, -0.2) is 4.39 Å². The zero-order valence-corrected chi connectivity index (χ0v) is 7.68. The van der Waals surface area contributed by atoms with E-state index in [4.69, 9.17) is 6.57 Å². The normalized spacial score (nSPS) is 9.60. The summed E-state index contributed by atoms with van der Waals surface area (Å²) in [4.78, 5) is 10.9. The standard InChI is InChI=1S/C11H6FN3/c1-13-11-6-9(12)8(7-15-11)10-4-2-3-5-14-10/h2-7H. The molecule has 3 nitrogen and oxygen atoms in total. The molecule has 0 radical (unpaired) electrons. The molecule has 0 amide bonds. The van der Waals surface area contributed by atoms with Gasteiger partial charge in [-0.05, 0) is 12.1 Å². The minimum atomic E-state index is -0.477. The number of pyridine rings is 2. The molecule has 0 unspecified atom stereocenters. The van der Waals surface area contributed by atoms with Crippen molar-refractivity contribution in [1.82, 2.24) is 9.97 Å². The van der Waals surface area contributed by atoms with Crippen molar-refractivity contribution in [2.24, 2.45) is 0 Å². The molecule has 0 fully saturated rings. The molecule has 0 spiro atoms. The second-order valence-electron chi connectivity index (χ2n) is 2.85.